The van der Waals surface area contributed by atoms with Gasteiger partial charge in [0.2, 0.25) is 11.8 Å². The molecule has 9 heteroatoms. The average molecular weight is 414 g/mol. The van der Waals surface area contributed by atoms with Crippen LogP contribution >= 0.6 is 0 Å². The summed E-state index contributed by atoms with van der Waals surface area (Å²) < 4.78 is 11.5. The zero-order chi connectivity index (χ0) is 20.7. The molecule has 4 aliphatic heterocycles. The van der Waals surface area contributed by atoms with Crippen LogP contribution in [-0.4, -0.2) is 73.2 Å². The smallest absolute Gasteiger partial charge is 0.255 e. The molecule has 0 aromatic heterocycles. The van der Waals surface area contributed by atoms with Crippen molar-refractivity contribution in [1.82, 2.24) is 20.9 Å². The Morgan fingerprint density at radius 3 is 2.97 bits per heavy atom. The van der Waals surface area contributed by atoms with E-state index in [1.807, 2.05) is 18.2 Å². The topological polar surface area (TPSA) is 109 Å². The Morgan fingerprint density at radius 1 is 1.20 bits per heavy atom. The van der Waals surface area contributed by atoms with E-state index in [1.54, 1.807) is 4.90 Å². The molecule has 30 heavy (non-hydrogen) atoms. The first kappa shape index (κ1) is 19.6. The van der Waals surface area contributed by atoms with Crippen LogP contribution in [0.15, 0.2) is 18.2 Å². The molecule has 3 amide bonds. The monoisotopic (exact) mass is 414 g/mol. The van der Waals surface area contributed by atoms with Gasteiger partial charge in [-0.05, 0) is 23.6 Å². The minimum Gasteiger partial charge on any atom is -0.377 e. The third-order valence-corrected chi connectivity index (χ3v) is 6.29. The number of ether oxygens (including phenoxy) is 2. The molecule has 3 fully saturated rings. The van der Waals surface area contributed by atoms with Gasteiger partial charge in [0.1, 0.15) is 6.04 Å². The van der Waals surface area contributed by atoms with E-state index in [9.17, 15) is 14.4 Å². The number of imide groups is 1. The number of rotatable bonds is 5. The third kappa shape index (κ3) is 3.74. The van der Waals surface area contributed by atoms with E-state index in [0.29, 0.717) is 44.3 Å². The Morgan fingerprint density at radius 2 is 2.10 bits per heavy atom. The van der Waals surface area contributed by atoms with Crippen molar-refractivity contribution in [3.63, 3.8) is 0 Å². The SMILES string of the molecule is O=C1CCC(N2Cc3cc(CNC[C@@H]4CN[C@H]5COC[C@@H]5O4)ccc3C2=O)C(=O)N1. The van der Waals surface area contributed by atoms with Gasteiger partial charge in [0.05, 0.1) is 31.5 Å². The number of nitrogens with zero attached hydrogens (tertiary/aromatic N) is 1. The molecular formula is C21H26N4O5. The maximum Gasteiger partial charge on any atom is 0.255 e. The molecule has 0 saturated carbocycles. The number of nitrogens with one attached hydrogen (secondary N) is 3. The van der Waals surface area contributed by atoms with E-state index in [-0.39, 0.29) is 36.4 Å². The van der Waals surface area contributed by atoms with E-state index in [4.69, 9.17) is 9.47 Å². The second-order valence-electron chi connectivity index (χ2n) is 8.37. The first-order valence-electron chi connectivity index (χ1n) is 10.5. The number of amides is 3. The fraction of sp³-hybridized carbons (Fsp3) is 0.571. The highest BCUT2D eigenvalue weighted by Gasteiger charge is 2.39. The van der Waals surface area contributed by atoms with E-state index >= 15 is 0 Å². The normalized spacial score (nSPS) is 30.9. The maximum atomic E-state index is 12.8. The predicted octanol–water partition coefficient (Wildman–Crippen LogP) is -0.707. The van der Waals surface area contributed by atoms with Gasteiger partial charge < -0.3 is 25.0 Å². The molecule has 4 atom stereocenters. The number of morpholine rings is 1. The van der Waals surface area contributed by atoms with Gasteiger partial charge >= 0.3 is 0 Å². The summed E-state index contributed by atoms with van der Waals surface area (Å²) in [5.74, 6) is -0.804. The molecule has 3 saturated heterocycles. The van der Waals surface area contributed by atoms with Gasteiger partial charge in [-0.2, -0.15) is 0 Å². The van der Waals surface area contributed by atoms with E-state index in [0.717, 1.165) is 24.2 Å². The third-order valence-electron chi connectivity index (χ3n) is 6.29. The standard InChI is InChI=1S/C21H26N4O5/c26-19-4-3-17(20(27)24-19)25-9-13-5-12(1-2-15(13)21(25)28)6-22-7-14-8-23-16-10-29-11-18(16)30-14/h1-2,5,14,16-18,22-23H,3-4,6-11H2,(H,24,26,27)/t14-,16+,17?,18+/m1/s1. The lowest BCUT2D eigenvalue weighted by Gasteiger charge is -2.32. The van der Waals surface area contributed by atoms with Gasteiger partial charge in [-0.1, -0.05) is 12.1 Å². The highest BCUT2D eigenvalue weighted by atomic mass is 16.6. The molecule has 1 aromatic rings. The largest absolute Gasteiger partial charge is 0.377 e. The van der Waals surface area contributed by atoms with Crippen LogP contribution in [-0.2, 0) is 32.2 Å². The molecule has 5 rings (SSSR count). The Labute approximate surface area is 174 Å². The van der Waals surface area contributed by atoms with E-state index in [1.165, 1.54) is 0 Å². The highest BCUT2D eigenvalue weighted by Crippen LogP contribution is 2.28. The lowest BCUT2D eigenvalue weighted by molar-refractivity contribution is -0.136. The summed E-state index contributed by atoms with van der Waals surface area (Å²) >= 11 is 0. The Kier molecular flexibility index (Phi) is 5.28. The fourth-order valence-corrected chi connectivity index (χ4v) is 4.67. The second-order valence-corrected chi connectivity index (χ2v) is 8.37. The van der Waals surface area contributed by atoms with E-state index < -0.39 is 6.04 Å². The molecule has 1 unspecified atom stereocenters. The van der Waals surface area contributed by atoms with Crippen molar-refractivity contribution >= 4 is 17.7 Å². The van der Waals surface area contributed by atoms with Crippen molar-refractivity contribution in [2.24, 2.45) is 0 Å². The van der Waals surface area contributed by atoms with Crippen molar-refractivity contribution in [2.45, 2.75) is 50.2 Å². The summed E-state index contributed by atoms with van der Waals surface area (Å²) in [6, 6.07) is 5.52. The van der Waals surface area contributed by atoms with Gasteiger partial charge in [0.25, 0.3) is 5.91 Å². The number of hydrogen-bond donors (Lipinski definition) is 3. The molecule has 1 aromatic carbocycles. The molecular weight excluding hydrogens is 388 g/mol. The first-order valence-corrected chi connectivity index (χ1v) is 10.5. The minimum absolute atomic E-state index is 0.104. The Hall–Kier alpha value is -2.33. The zero-order valence-electron chi connectivity index (χ0n) is 16.7. The van der Waals surface area contributed by atoms with Crippen LogP contribution in [0, 0.1) is 0 Å². The number of hydrogen-bond acceptors (Lipinski definition) is 7. The van der Waals surface area contributed by atoms with Crippen LogP contribution in [0.1, 0.15) is 34.3 Å². The summed E-state index contributed by atoms with van der Waals surface area (Å²) in [4.78, 5) is 37.9. The molecule has 0 aliphatic carbocycles. The first-order chi connectivity index (χ1) is 14.6. The van der Waals surface area contributed by atoms with Crippen LogP contribution in [0.4, 0.5) is 0 Å². The summed E-state index contributed by atoms with van der Waals surface area (Å²) in [6.45, 7) is 3.97. The van der Waals surface area contributed by atoms with Crippen LogP contribution in [0.3, 0.4) is 0 Å². The molecule has 9 nitrogen and oxygen atoms in total. The van der Waals surface area contributed by atoms with Crippen LogP contribution in [0.5, 0.6) is 0 Å². The van der Waals surface area contributed by atoms with Crippen molar-refractivity contribution in [3.05, 3.63) is 34.9 Å². The molecule has 0 bridgehead atoms. The van der Waals surface area contributed by atoms with E-state index in [2.05, 4.69) is 16.0 Å². The molecule has 0 radical (unpaired) electrons. The number of carbonyl (C=O) groups excluding carboxylic acids is 3. The molecule has 0 spiro atoms. The fourth-order valence-electron chi connectivity index (χ4n) is 4.67. The molecule has 3 N–H and O–H groups in total. The summed E-state index contributed by atoms with van der Waals surface area (Å²) in [5, 5.41) is 9.24. The molecule has 4 aliphatic rings. The van der Waals surface area contributed by atoms with Gasteiger partial charge in [0.15, 0.2) is 0 Å². The highest BCUT2D eigenvalue weighted by molar-refractivity contribution is 6.05. The van der Waals surface area contributed by atoms with Crippen molar-refractivity contribution < 1.29 is 23.9 Å². The summed E-state index contributed by atoms with van der Waals surface area (Å²) in [7, 11) is 0. The minimum atomic E-state index is -0.580. The number of carbonyl (C=O) groups is 3. The van der Waals surface area contributed by atoms with Gasteiger partial charge in [-0.15, -0.1) is 0 Å². The molecule has 160 valence electrons. The van der Waals surface area contributed by atoms with Crippen molar-refractivity contribution in [3.8, 4) is 0 Å². The van der Waals surface area contributed by atoms with Gasteiger partial charge in [0, 0.05) is 38.2 Å². The van der Waals surface area contributed by atoms with Crippen molar-refractivity contribution in [2.75, 3.05) is 26.3 Å². The van der Waals surface area contributed by atoms with Gasteiger partial charge in [-0.3, -0.25) is 19.7 Å². The van der Waals surface area contributed by atoms with Crippen LogP contribution in [0.2, 0.25) is 0 Å². The van der Waals surface area contributed by atoms with Gasteiger partial charge in [-0.25, -0.2) is 0 Å². The molecule has 4 heterocycles. The summed E-state index contributed by atoms with van der Waals surface area (Å²) in [5.41, 5.74) is 2.64. The Balaban J connectivity index is 1.16. The lowest BCUT2D eigenvalue weighted by Crippen LogP contribution is -2.54. The number of piperidine rings is 1. The summed E-state index contributed by atoms with van der Waals surface area (Å²) in [6.07, 6.45) is 0.875. The maximum absolute atomic E-state index is 12.8. The van der Waals surface area contributed by atoms with Crippen LogP contribution in [0.25, 0.3) is 0 Å². The van der Waals surface area contributed by atoms with Crippen LogP contribution < -0.4 is 16.0 Å². The number of benzene rings is 1. The van der Waals surface area contributed by atoms with Crippen molar-refractivity contribution in [1.29, 1.82) is 0 Å². The number of fused-ring (bicyclic) bond motifs is 2. The predicted molar refractivity (Wildman–Crippen MR) is 105 cm³/mol. The quantitative estimate of drug-likeness (QED) is 0.547. The lowest BCUT2D eigenvalue weighted by atomic mass is 10.0. The zero-order valence-corrected chi connectivity index (χ0v) is 16.7. The Bertz CT molecular complexity index is 875. The average Bonchev–Trinajstić information content (AvgIpc) is 3.32. The second kappa shape index (κ2) is 8.07.